The van der Waals surface area contributed by atoms with Crippen molar-refractivity contribution in [1.29, 1.82) is 0 Å². The molecule has 0 aliphatic heterocycles. The number of hydrazone groups is 1. The van der Waals surface area contributed by atoms with Crippen LogP contribution in [0.2, 0.25) is 0 Å². The lowest BCUT2D eigenvalue weighted by Gasteiger charge is -2.20. The summed E-state index contributed by atoms with van der Waals surface area (Å²) in [4.78, 5) is 16.9. The number of benzene rings is 1. The minimum Gasteiger partial charge on any atom is -0.372 e. The van der Waals surface area contributed by atoms with Crippen LogP contribution >= 0.6 is 0 Å². The predicted octanol–water partition coefficient (Wildman–Crippen LogP) is 1.46. The zero-order chi connectivity index (χ0) is 15.1. The van der Waals surface area contributed by atoms with E-state index >= 15 is 0 Å². The van der Waals surface area contributed by atoms with Gasteiger partial charge in [0.25, 0.3) is 0 Å². The van der Waals surface area contributed by atoms with E-state index in [1.807, 2.05) is 12.1 Å². The average Bonchev–Trinajstić information content (AvgIpc) is 2.50. The molecule has 21 heavy (non-hydrogen) atoms. The summed E-state index contributed by atoms with van der Waals surface area (Å²) in [5.74, 6) is 0.301. The van der Waals surface area contributed by atoms with Gasteiger partial charge in [0.2, 0.25) is 0 Å². The van der Waals surface area contributed by atoms with Crippen LogP contribution < -0.4 is 16.0 Å². The first-order valence-corrected chi connectivity index (χ1v) is 6.78. The van der Waals surface area contributed by atoms with E-state index in [9.17, 15) is 4.79 Å². The Bertz CT molecular complexity index is 645. The lowest BCUT2D eigenvalue weighted by atomic mass is 10.2. The highest BCUT2D eigenvalue weighted by atomic mass is 16.1. The Hall–Kier alpha value is -2.70. The normalized spacial score (nSPS) is 10.8. The van der Waals surface area contributed by atoms with Gasteiger partial charge in [-0.3, -0.25) is 5.43 Å². The van der Waals surface area contributed by atoms with Crippen LogP contribution in [0.1, 0.15) is 19.4 Å². The SMILES string of the molecule is CCN(CC)c1ccc(/C=N\Nc2cn[nH]c(=O)n2)cc1. The third-order valence-electron chi connectivity index (χ3n) is 2.98. The zero-order valence-corrected chi connectivity index (χ0v) is 12.1. The molecule has 0 fully saturated rings. The quantitative estimate of drug-likeness (QED) is 0.620. The van der Waals surface area contributed by atoms with Crippen LogP contribution in [0.3, 0.4) is 0 Å². The Labute approximate surface area is 122 Å². The number of aromatic amines is 1. The van der Waals surface area contributed by atoms with E-state index in [1.54, 1.807) is 6.21 Å². The minimum absolute atomic E-state index is 0.301. The van der Waals surface area contributed by atoms with Crippen molar-refractivity contribution in [2.75, 3.05) is 23.4 Å². The molecule has 1 aromatic carbocycles. The van der Waals surface area contributed by atoms with Gasteiger partial charge in [-0.25, -0.2) is 9.89 Å². The van der Waals surface area contributed by atoms with Gasteiger partial charge in [-0.1, -0.05) is 12.1 Å². The van der Waals surface area contributed by atoms with E-state index in [-0.39, 0.29) is 0 Å². The monoisotopic (exact) mass is 286 g/mol. The molecule has 1 aromatic heterocycles. The van der Waals surface area contributed by atoms with E-state index in [4.69, 9.17) is 0 Å². The number of rotatable bonds is 6. The van der Waals surface area contributed by atoms with Crippen molar-refractivity contribution in [3.63, 3.8) is 0 Å². The smallest absolute Gasteiger partial charge is 0.363 e. The summed E-state index contributed by atoms with van der Waals surface area (Å²) in [5.41, 5.74) is 4.28. The maximum atomic E-state index is 11.0. The van der Waals surface area contributed by atoms with E-state index in [0.717, 1.165) is 18.7 Å². The second-order valence-electron chi connectivity index (χ2n) is 4.31. The number of hydrogen-bond donors (Lipinski definition) is 2. The predicted molar refractivity (Wildman–Crippen MR) is 83.9 cm³/mol. The molecule has 0 radical (unpaired) electrons. The number of anilines is 2. The molecule has 0 aliphatic carbocycles. The van der Waals surface area contributed by atoms with Crippen molar-refractivity contribution in [3.05, 3.63) is 46.5 Å². The molecule has 0 atom stereocenters. The molecule has 7 heteroatoms. The molecule has 0 saturated heterocycles. The maximum Gasteiger partial charge on any atom is 0.363 e. The highest BCUT2D eigenvalue weighted by Gasteiger charge is 2.00. The molecule has 110 valence electrons. The molecule has 2 N–H and O–H groups in total. The van der Waals surface area contributed by atoms with Gasteiger partial charge in [-0.15, -0.1) is 0 Å². The highest BCUT2D eigenvalue weighted by Crippen LogP contribution is 2.13. The van der Waals surface area contributed by atoms with Gasteiger partial charge in [0.15, 0.2) is 5.82 Å². The van der Waals surface area contributed by atoms with Crippen molar-refractivity contribution in [2.45, 2.75) is 13.8 Å². The first-order valence-electron chi connectivity index (χ1n) is 6.78. The lowest BCUT2D eigenvalue weighted by molar-refractivity contribution is 0.866. The van der Waals surface area contributed by atoms with Crippen LogP contribution in [0, 0.1) is 0 Å². The van der Waals surface area contributed by atoms with Gasteiger partial charge in [0.05, 0.1) is 12.4 Å². The van der Waals surface area contributed by atoms with Gasteiger partial charge in [0, 0.05) is 18.8 Å². The summed E-state index contributed by atoms with van der Waals surface area (Å²) in [7, 11) is 0. The van der Waals surface area contributed by atoms with Crippen LogP contribution in [0.5, 0.6) is 0 Å². The van der Waals surface area contributed by atoms with Crippen molar-refractivity contribution >= 4 is 17.7 Å². The summed E-state index contributed by atoms with van der Waals surface area (Å²) in [6.07, 6.45) is 3.05. The first kappa shape index (κ1) is 14.7. The van der Waals surface area contributed by atoms with Crippen molar-refractivity contribution in [2.24, 2.45) is 5.10 Å². The van der Waals surface area contributed by atoms with Crippen molar-refractivity contribution < 1.29 is 0 Å². The van der Waals surface area contributed by atoms with Crippen LogP contribution in [0.15, 0.2) is 40.4 Å². The Morgan fingerprint density at radius 2 is 2.00 bits per heavy atom. The number of nitrogens with one attached hydrogen (secondary N) is 2. The molecule has 0 aliphatic rings. The van der Waals surface area contributed by atoms with Crippen LogP contribution in [-0.4, -0.2) is 34.5 Å². The third-order valence-corrected chi connectivity index (χ3v) is 2.98. The van der Waals surface area contributed by atoms with Gasteiger partial charge in [-0.2, -0.15) is 15.2 Å². The van der Waals surface area contributed by atoms with Gasteiger partial charge >= 0.3 is 5.69 Å². The van der Waals surface area contributed by atoms with Gasteiger partial charge in [-0.05, 0) is 31.5 Å². The molecular formula is C14H18N6O. The lowest BCUT2D eigenvalue weighted by Crippen LogP contribution is -2.21. The maximum absolute atomic E-state index is 11.0. The number of H-pyrrole nitrogens is 1. The molecule has 2 rings (SSSR count). The summed E-state index contributed by atoms with van der Waals surface area (Å²) in [6, 6.07) is 8.09. The van der Waals surface area contributed by atoms with E-state index in [1.165, 1.54) is 11.9 Å². The fourth-order valence-electron chi connectivity index (χ4n) is 1.90. The Kier molecular flexibility index (Phi) is 5.03. The number of aromatic nitrogens is 3. The largest absolute Gasteiger partial charge is 0.372 e. The highest BCUT2D eigenvalue weighted by molar-refractivity contribution is 5.80. The number of hydrogen-bond acceptors (Lipinski definition) is 6. The molecule has 7 nitrogen and oxygen atoms in total. The Morgan fingerprint density at radius 3 is 2.62 bits per heavy atom. The molecule has 0 saturated carbocycles. The van der Waals surface area contributed by atoms with Crippen molar-refractivity contribution in [1.82, 2.24) is 15.2 Å². The minimum atomic E-state index is -0.515. The average molecular weight is 286 g/mol. The van der Waals surface area contributed by atoms with E-state index in [2.05, 4.69) is 56.6 Å². The first-order chi connectivity index (χ1) is 10.2. The van der Waals surface area contributed by atoms with Crippen molar-refractivity contribution in [3.8, 4) is 0 Å². The summed E-state index contributed by atoms with van der Waals surface area (Å²) in [6.45, 7) is 6.22. The van der Waals surface area contributed by atoms with Gasteiger partial charge in [0.1, 0.15) is 0 Å². The Morgan fingerprint density at radius 1 is 1.29 bits per heavy atom. The molecule has 0 spiro atoms. The number of nitrogens with zero attached hydrogens (tertiary/aromatic N) is 4. The molecular weight excluding hydrogens is 268 g/mol. The molecule has 0 amide bonds. The van der Waals surface area contributed by atoms with Crippen LogP contribution in [0.25, 0.3) is 0 Å². The molecule has 0 bridgehead atoms. The standard InChI is InChI=1S/C14H18N6O/c1-3-20(4-2)12-7-5-11(6-8-12)9-15-18-13-10-16-19-14(21)17-13/h5-10H,3-4H2,1-2H3,(H2,17,18,19,21)/b15-9-. The fourth-order valence-corrected chi connectivity index (χ4v) is 1.90. The third kappa shape index (κ3) is 4.13. The van der Waals surface area contributed by atoms with Gasteiger partial charge < -0.3 is 4.90 Å². The summed E-state index contributed by atoms with van der Waals surface area (Å²) >= 11 is 0. The summed E-state index contributed by atoms with van der Waals surface area (Å²) in [5, 5.41) is 9.84. The molecule has 1 heterocycles. The summed E-state index contributed by atoms with van der Waals surface area (Å²) < 4.78 is 0. The van der Waals surface area contributed by atoms with Crippen LogP contribution in [0.4, 0.5) is 11.5 Å². The topological polar surface area (TPSA) is 86.3 Å². The molecule has 0 unspecified atom stereocenters. The van der Waals surface area contributed by atoms with E-state index in [0.29, 0.717) is 5.82 Å². The van der Waals surface area contributed by atoms with Crippen LogP contribution in [-0.2, 0) is 0 Å². The second kappa shape index (κ2) is 7.18. The second-order valence-corrected chi connectivity index (χ2v) is 4.31. The fraction of sp³-hybridized carbons (Fsp3) is 0.286. The zero-order valence-electron chi connectivity index (χ0n) is 12.1. The van der Waals surface area contributed by atoms with E-state index < -0.39 is 5.69 Å². The molecule has 2 aromatic rings. The Balaban J connectivity index is 2.00.